The van der Waals surface area contributed by atoms with E-state index in [2.05, 4.69) is 4.72 Å². The van der Waals surface area contributed by atoms with Crippen LogP contribution >= 0.6 is 0 Å². The number of ether oxygens (including phenoxy) is 1. The molecule has 1 aliphatic heterocycles. The smallest absolute Gasteiger partial charge is 0.322 e. The molecule has 1 fully saturated rings. The van der Waals surface area contributed by atoms with E-state index in [1.165, 1.54) is 32.2 Å². The molecule has 25 heavy (non-hydrogen) atoms. The Morgan fingerprint density at radius 2 is 2.04 bits per heavy atom. The van der Waals surface area contributed by atoms with Crippen molar-refractivity contribution in [1.29, 1.82) is 0 Å². The molecule has 0 spiro atoms. The number of methoxy groups -OCH3 is 1. The van der Waals surface area contributed by atoms with E-state index in [9.17, 15) is 26.7 Å². The fraction of sp³-hybridized carbons (Fsp3) is 0.500. The standard InChI is InChI=1S/C14H20N2O7S2/c1-3-24(19,20)15-11-9-10(23-2)6-7-13(11)25(21,22)16-8-4-5-12(16)14(17)18/h6-7,9,12,15H,3-5,8H2,1-2H3,(H,17,18)/t12-/m1/s1. The van der Waals surface area contributed by atoms with Crippen LogP contribution in [0.2, 0.25) is 0 Å². The van der Waals surface area contributed by atoms with Gasteiger partial charge in [0, 0.05) is 12.6 Å². The topological polar surface area (TPSA) is 130 Å². The van der Waals surface area contributed by atoms with Gasteiger partial charge in [0.15, 0.2) is 0 Å². The third-order valence-electron chi connectivity index (χ3n) is 3.91. The maximum Gasteiger partial charge on any atom is 0.322 e. The van der Waals surface area contributed by atoms with Crippen molar-refractivity contribution in [2.75, 3.05) is 24.1 Å². The number of benzene rings is 1. The number of aliphatic carboxylic acids is 1. The number of carboxylic acids is 1. The lowest BCUT2D eigenvalue weighted by Gasteiger charge is -2.23. The van der Waals surface area contributed by atoms with E-state index in [4.69, 9.17) is 4.74 Å². The average molecular weight is 392 g/mol. The number of nitrogens with one attached hydrogen (secondary N) is 1. The van der Waals surface area contributed by atoms with Gasteiger partial charge in [0.2, 0.25) is 20.0 Å². The highest BCUT2D eigenvalue weighted by atomic mass is 32.2. The zero-order valence-corrected chi connectivity index (χ0v) is 15.4. The zero-order chi connectivity index (χ0) is 18.8. The van der Waals surface area contributed by atoms with Gasteiger partial charge in [-0.2, -0.15) is 4.31 Å². The number of hydrogen-bond donors (Lipinski definition) is 2. The molecule has 11 heteroatoms. The quantitative estimate of drug-likeness (QED) is 0.698. The third kappa shape index (κ3) is 4.05. The minimum Gasteiger partial charge on any atom is -0.497 e. The van der Waals surface area contributed by atoms with Gasteiger partial charge in [-0.05, 0) is 31.9 Å². The van der Waals surface area contributed by atoms with Gasteiger partial charge >= 0.3 is 5.97 Å². The van der Waals surface area contributed by atoms with Crippen molar-refractivity contribution in [1.82, 2.24) is 4.31 Å². The summed E-state index contributed by atoms with van der Waals surface area (Å²) in [6, 6.07) is 2.68. The monoisotopic (exact) mass is 392 g/mol. The van der Waals surface area contributed by atoms with Crippen LogP contribution in [0.15, 0.2) is 23.1 Å². The van der Waals surface area contributed by atoms with Crippen LogP contribution in [0.25, 0.3) is 0 Å². The molecule has 2 N–H and O–H groups in total. The highest BCUT2D eigenvalue weighted by Crippen LogP contribution is 2.33. The van der Waals surface area contributed by atoms with E-state index >= 15 is 0 Å². The lowest BCUT2D eigenvalue weighted by Crippen LogP contribution is -2.40. The lowest BCUT2D eigenvalue weighted by molar-refractivity contribution is -0.140. The van der Waals surface area contributed by atoms with Gasteiger partial charge in [0.05, 0.1) is 18.6 Å². The summed E-state index contributed by atoms with van der Waals surface area (Å²) >= 11 is 0. The van der Waals surface area contributed by atoms with Crippen LogP contribution in [0.4, 0.5) is 5.69 Å². The molecule has 0 aliphatic carbocycles. The molecule has 0 saturated carbocycles. The van der Waals surface area contributed by atoms with Crippen molar-refractivity contribution in [3.05, 3.63) is 18.2 Å². The van der Waals surface area contributed by atoms with Crippen molar-refractivity contribution in [2.45, 2.75) is 30.7 Å². The molecule has 0 unspecified atom stereocenters. The van der Waals surface area contributed by atoms with Gasteiger partial charge in [-0.3, -0.25) is 9.52 Å². The molecule has 9 nitrogen and oxygen atoms in total. The van der Waals surface area contributed by atoms with Gasteiger partial charge in [-0.15, -0.1) is 0 Å². The van der Waals surface area contributed by atoms with Crippen molar-refractivity contribution in [2.24, 2.45) is 0 Å². The first-order valence-corrected chi connectivity index (χ1v) is 10.6. The van der Waals surface area contributed by atoms with Crippen molar-refractivity contribution in [3.8, 4) is 5.75 Å². The summed E-state index contributed by atoms with van der Waals surface area (Å²) in [6.45, 7) is 1.48. The highest BCUT2D eigenvalue weighted by molar-refractivity contribution is 7.93. The molecule has 1 atom stereocenters. The lowest BCUT2D eigenvalue weighted by atomic mass is 10.2. The minimum atomic E-state index is -4.20. The second-order valence-electron chi connectivity index (χ2n) is 5.48. The number of hydrogen-bond acceptors (Lipinski definition) is 6. The Hall–Kier alpha value is -1.85. The SMILES string of the molecule is CCS(=O)(=O)Nc1cc(OC)ccc1S(=O)(=O)N1CCC[C@@H]1C(=O)O. The zero-order valence-electron chi connectivity index (χ0n) is 13.8. The van der Waals surface area contributed by atoms with E-state index in [1.807, 2.05) is 0 Å². The number of nitrogens with zero attached hydrogens (tertiary/aromatic N) is 1. The molecule has 140 valence electrons. The Morgan fingerprint density at radius 1 is 1.36 bits per heavy atom. The molecular formula is C14H20N2O7S2. The molecule has 0 amide bonds. The van der Waals surface area contributed by atoms with Gasteiger partial charge in [-0.1, -0.05) is 0 Å². The van der Waals surface area contributed by atoms with E-state index in [1.54, 1.807) is 0 Å². The molecule has 0 radical (unpaired) electrons. The average Bonchev–Trinajstić information content (AvgIpc) is 3.05. The Labute approximate surface area is 146 Å². The summed E-state index contributed by atoms with van der Waals surface area (Å²) in [4.78, 5) is 11.0. The maximum atomic E-state index is 12.9. The summed E-state index contributed by atoms with van der Waals surface area (Å²) < 4.78 is 57.8. The van der Waals surface area contributed by atoms with Gasteiger partial charge in [-0.25, -0.2) is 16.8 Å². The fourth-order valence-electron chi connectivity index (χ4n) is 2.58. The number of anilines is 1. The van der Waals surface area contributed by atoms with Crippen LogP contribution in [-0.2, 0) is 24.8 Å². The molecular weight excluding hydrogens is 372 g/mol. The number of sulfonamides is 2. The minimum absolute atomic E-state index is 0.0608. The molecule has 0 aromatic heterocycles. The second kappa shape index (κ2) is 7.18. The molecule has 1 aromatic carbocycles. The Bertz CT molecular complexity index is 865. The molecule has 1 saturated heterocycles. The maximum absolute atomic E-state index is 12.9. The molecule has 1 aliphatic rings. The van der Waals surface area contributed by atoms with Crippen LogP contribution in [0.3, 0.4) is 0 Å². The summed E-state index contributed by atoms with van der Waals surface area (Å²) in [5, 5.41) is 9.23. The summed E-state index contributed by atoms with van der Waals surface area (Å²) in [6.07, 6.45) is 0.628. The number of rotatable bonds is 7. The van der Waals surface area contributed by atoms with Crippen molar-refractivity contribution >= 4 is 31.7 Å². The predicted molar refractivity (Wildman–Crippen MR) is 90.6 cm³/mol. The molecule has 0 bridgehead atoms. The third-order valence-corrected chi connectivity index (χ3v) is 7.16. The van der Waals surface area contributed by atoms with Crippen LogP contribution in [0, 0.1) is 0 Å². The van der Waals surface area contributed by atoms with Crippen LogP contribution in [-0.4, -0.2) is 57.7 Å². The summed E-state index contributed by atoms with van der Waals surface area (Å²) in [5.41, 5.74) is -0.169. The number of carbonyl (C=O) groups is 1. The Kier molecular flexibility index (Phi) is 5.59. The van der Waals surface area contributed by atoms with Crippen LogP contribution in [0.5, 0.6) is 5.75 Å². The highest BCUT2D eigenvalue weighted by Gasteiger charge is 2.40. The Morgan fingerprint density at radius 3 is 2.60 bits per heavy atom. The van der Waals surface area contributed by atoms with Gasteiger partial charge in [0.25, 0.3) is 0 Å². The molecule has 1 aromatic rings. The summed E-state index contributed by atoms with van der Waals surface area (Å²) in [5.74, 6) is -1.21. The van der Waals surface area contributed by atoms with Crippen LogP contribution in [0.1, 0.15) is 19.8 Å². The van der Waals surface area contributed by atoms with Gasteiger partial charge in [0.1, 0.15) is 16.7 Å². The van der Waals surface area contributed by atoms with Crippen LogP contribution < -0.4 is 9.46 Å². The van der Waals surface area contributed by atoms with E-state index in [0.717, 1.165) is 4.31 Å². The van der Waals surface area contributed by atoms with E-state index < -0.39 is 32.1 Å². The number of carboxylic acid groups (broad SMARTS) is 1. The second-order valence-corrected chi connectivity index (χ2v) is 9.35. The Balaban J connectivity index is 2.55. The fourth-order valence-corrected chi connectivity index (χ4v) is 5.07. The first-order chi connectivity index (χ1) is 11.6. The first kappa shape index (κ1) is 19.5. The largest absolute Gasteiger partial charge is 0.497 e. The van der Waals surface area contributed by atoms with E-state index in [-0.39, 0.29) is 35.1 Å². The molecule has 1 heterocycles. The predicted octanol–water partition coefficient (Wildman–Crippen LogP) is 0.694. The van der Waals surface area contributed by atoms with E-state index in [0.29, 0.717) is 6.42 Å². The summed E-state index contributed by atoms with van der Waals surface area (Å²) in [7, 11) is -6.57. The van der Waals surface area contributed by atoms with Gasteiger partial charge < -0.3 is 9.84 Å². The normalized spacial score (nSPS) is 18.9. The molecule has 2 rings (SSSR count). The first-order valence-electron chi connectivity index (χ1n) is 7.55. The van der Waals surface area contributed by atoms with Crippen molar-refractivity contribution < 1.29 is 31.5 Å². The van der Waals surface area contributed by atoms with Crippen molar-refractivity contribution in [3.63, 3.8) is 0 Å².